The van der Waals surface area contributed by atoms with Crippen molar-refractivity contribution in [1.29, 1.82) is 0 Å². The Hall–Kier alpha value is -3.35. The zero-order valence-electron chi connectivity index (χ0n) is 21.9. The molecule has 0 bridgehead atoms. The van der Waals surface area contributed by atoms with E-state index in [9.17, 15) is 9.59 Å². The topological polar surface area (TPSA) is 64.4 Å². The molecule has 0 radical (unpaired) electrons. The van der Waals surface area contributed by atoms with Gasteiger partial charge in [0.2, 0.25) is 0 Å². The average molecular weight is 553 g/mol. The van der Waals surface area contributed by atoms with Gasteiger partial charge in [0.05, 0.1) is 39.3 Å². The van der Waals surface area contributed by atoms with Gasteiger partial charge in [-0.3, -0.25) is 14.2 Å². The van der Waals surface area contributed by atoms with Crippen LogP contribution in [0.2, 0.25) is 10.0 Å². The Balaban J connectivity index is 1.87. The quantitative estimate of drug-likeness (QED) is 0.218. The second kappa shape index (κ2) is 12.0. The van der Waals surface area contributed by atoms with Crippen molar-refractivity contribution in [1.82, 2.24) is 14.5 Å². The third-order valence-corrected chi connectivity index (χ3v) is 7.16. The molecule has 198 valence electrons. The number of nitrogens with zero attached hydrogens (tertiary/aromatic N) is 3. The first kappa shape index (κ1) is 27.7. The summed E-state index contributed by atoms with van der Waals surface area (Å²) in [4.78, 5) is 34.3. The fourth-order valence-electron chi connectivity index (χ4n) is 4.34. The smallest absolute Gasteiger partial charge is 0.266 e. The summed E-state index contributed by atoms with van der Waals surface area (Å²) in [5.41, 5.74) is 1.44. The van der Waals surface area contributed by atoms with Crippen LogP contribution in [0.15, 0.2) is 71.5 Å². The van der Waals surface area contributed by atoms with Crippen molar-refractivity contribution in [3.05, 3.63) is 98.5 Å². The van der Waals surface area contributed by atoms with Gasteiger partial charge in [0.15, 0.2) is 0 Å². The maximum absolute atomic E-state index is 13.8. The number of rotatable bonds is 9. The number of carbonyl (C=O) groups is 1. The van der Waals surface area contributed by atoms with Crippen molar-refractivity contribution in [2.24, 2.45) is 5.92 Å². The molecule has 38 heavy (non-hydrogen) atoms. The van der Waals surface area contributed by atoms with Crippen LogP contribution in [-0.2, 0) is 0 Å². The minimum absolute atomic E-state index is 0.201. The lowest BCUT2D eigenvalue weighted by Gasteiger charge is -2.31. The van der Waals surface area contributed by atoms with Crippen LogP contribution >= 0.6 is 23.2 Å². The zero-order valence-corrected chi connectivity index (χ0v) is 23.5. The van der Waals surface area contributed by atoms with Gasteiger partial charge in [-0.1, -0.05) is 49.2 Å². The van der Waals surface area contributed by atoms with E-state index in [1.807, 2.05) is 56.3 Å². The van der Waals surface area contributed by atoms with Gasteiger partial charge in [0, 0.05) is 12.1 Å². The highest BCUT2D eigenvalue weighted by Crippen LogP contribution is 2.28. The second-order valence-corrected chi connectivity index (χ2v) is 10.4. The lowest BCUT2D eigenvalue weighted by Crippen LogP contribution is -2.38. The van der Waals surface area contributed by atoms with Crippen LogP contribution in [0.5, 0.6) is 5.75 Å². The summed E-state index contributed by atoms with van der Waals surface area (Å²) < 4.78 is 7.18. The van der Waals surface area contributed by atoms with E-state index in [0.717, 1.165) is 6.42 Å². The molecule has 3 aromatic carbocycles. The van der Waals surface area contributed by atoms with E-state index < -0.39 is 6.04 Å². The highest BCUT2D eigenvalue weighted by molar-refractivity contribution is 6.42. The molecule has 0 spiro atoms. The van der Waals surface area contributed by atoms with E-state index in [2.05, 4.69) is 13.8 Å². The van der Waals surface area contributed by atoms with Gasteiger partial charge in [0.25, 0.3) is 11.5 Å². The lowest BCUT2D eigenvalue weighted by molar-refractivity contribution is 0.0671. The molecule has 1 unspecified atom stereocenters. The van der Waals surface area contributed by atoms with Crippen molar-refractivity contribution in [2.75, 3.05) is 13.2 Å². The molecule has 0 saturated heterocycles. The number of halogens is 2. The van der Waals surface area contributed by atoms with Crippen LogP contribution in [0.4, 0.5) is 0 Å². The molecule has 8 heteroatoms. The summed E-state index contributed by atoms with van der Waals surface area (Å²) in [6.07, 6.45) is 0.776. The van der Waals surface area contributed by atoms with E-state index in [1.165, 1.54) is 0 Å². The first-order chi connectivity index (χ1) is 18.2. The molecule has 1 aromatic heterocycles. The summed E-state index contributed by atoms with van der Waals surface area (Å²) in [6, 6.07) is 18.9. The van der Waals surface area contributed by atoms with E-state index in [1.54, 1.807) is 33.7 Å². The third kappa shape index (κ3) is 5.87. The van der Waals surface area contributed by atoms with Crippen molar-refractivity contribution in [2.45, 2.75) is 40.2 Å². The van der Waals surface area contributed by atoms with Gasteiger partial charge in [-0.25, -0.2) is 4.98 Å². The molecule has 1 amide bonds. The highest BCUT2D eigenvalue weighted by atomic mass is 35.5. The number of para-hydroxylation sites is 1. The lowest BCUT2D eigenvalue weighted by atomic mass is 10.1. The summed E-state index contributed by atoms with van der Waals surface area (Å²) in [6.45, 7) is 9.05. The van der Waals surface area contributed by atoms with E-state index in [4.69, 9.17) is 32.9 Å². The summed E-state index contributed by atoms with van der Waals surface area (Å²) in [5, 5.41) is 1.19. The Kier molecular flexibility index (Phi) is 8.75. The largest absolute Gasteiger partial charge is 0.494 e. The first-order valence-corrected chi connectivity index (χ1v) is 13.5. The standard InChI is InChI=1S/C30H31Cl2N3O3/c1-5-38-23-13-11-22(12-14-23)35-28(33-27-9-7-6-8-24(27)30(35)37)20(4)34(17-16-19(2)3)29(36)21-10-15-25(31)26(32)18-21/h6-15,18-20H,5,16-17H2,1-4H3. The molecule has 0 N–H and O–H groups in total. The molecule has 4 rings (SSSR count). The second-order valence-electron chi connectivity index (χ2n) is 9.54. The van der Waals surface area contributed by atoms with Gasteiger partial charge in [0.1, 0.15) is 11.6 Å². The molecular weight excluding hydrogens is 521 g/mol. The van der Waals surface area contributed by atoms with E-state index >= 15 is 0 Å². The fraction of sp³-hybridized carbons (Fsp3) is 0.300. The maximum Gasteiger partial charge on any atom is 0.266 e. The van der Waals surface area contributed by atoms with Crippen molar-refractivity contribution >= 4 is 40.0 Å². The van der Waals surface area contributed by atoms with Gasteiger partial charge < -0.3 is 9.64 Å². The Morgan fingerprint density at radius 1 is 1.00 bits per heavy atom. The first-order valence-electron chi connectivity index (χ1n) is 12.7. The van der Waals surface area contributed by atoms with Crippen LogP contribution in [0, 0.1) is 5.92 Å². The minimum Gasteiger partial charge on any atom is -0.494 e. The van der Waals surface area contributed by atoms with Crippen molar-refractivity contribution in [3.8, 4) is 11.4 Å². The van der Waals surface area contributed by atoms with Gasteiger partial charge in [-0.05, 0) is 80.8 Å². The van der Waals surface area contributed by atoms with E-state index in [-0.39, 0.29) is 11.5 Å². The molecule has 1 atom stereocenters. The van der Waals surface area contributed by atoms with Crippen LogP contribution in [0.1, 0.15) is 56.3 Å². The van der Waals surface area contributed by atoms with Crippen LogP contribution in [0.3, 0.4) is 0 Å². The van der Waals surface area contributed by atoms with Gasteiger partial charge in [-0.15, -0.1) is 0 Å². The molecule has 0 aliphatic carbocycles. The predicted octanol–water partition coefficient (Wildman–Crippen LogP) is 7.34. The number of ether oxygens (including phenoxy) is 1. The number of amides is 1. The number of carbonyl (C=O) groups excluding carboxylic acids is 1. The SMILES string of the molecule is CCOc1ccc(-n2c(C(C)N(CCC(C)C)C(=O)c3ccc(Cl)c(Cl)c3)nc3ccccc3c2=O)cc1. The van der Waals surface area contributed by atoms with E-state index in [0.29, 0.717) is 62.8 Å². The van der Waals surface area contributed by atoms with Crippen molar-refractivity contribution < 1.29 is 9.53 Å². The van der Waals surface area contributed by atoms with Crippen LogP contribution in [0.25, 0.3) is 16.6 Å². The molecule has 1 heterocycles. The normalized spacial score (nSPS) is 12.1. The Bertz CT molecular complexity index is 1500. The number of hydrogen-bond acceptors (Lipinski definition) is 4. The highest BCUT2D eigenvalue weighted by Gasteiger charge is 2.28. The molecule has 6 nitrogen and oxygen atoms in total. The molecular formula is C30H31Cl2N3O3. The van der Waals surface area contributed by atoms with Gasteiger partial charge in [-0.2, -0.15) is 0 Å². The van der Waals surface area contributed by atoms with Crippen LogP contribution < -0.4 is 10.3 Å². The summed E-state index contributed by atoms with van der Waals surface area (Å²) in [7, 11) is 0. The maximum atomic E-state index is 13.8. The molecule has 0 aliphatic rings. The Morgan fingerprint density at radius 3 is 2.37 bits per heavy atom. The monoisotopic (exact) mass is 551 g/mol. The summed E-state index contributed by atoms with van der Waals surface area (Å²) >= 11 is 12.3. The number of fused-ring (bicyclic) bond motifs is 1. The molecule has 0 fully saturated rings. The number of benzene rings is 3. The van der Waals surface area contributed by atoms with Gasteiger partial charge >= 0.3 is 0 Å². The van der Waals surface area contributed by atoms with Crippen LogP contribution in [-0.4, -0.2) is 33.5 Å². The Morgan fingerprint density at radius 2 is 1.71 bits per heavy atom. The molecule has 4 aromatic rings. The minimum atomic E-state index is -0.528. The average Bonchev–Trinajstić information content (AvgIpc) is 2.90. The number of aromatic nitrogens is 2. The van der Waals surface area contributed by atoms with Crippen molar-refractivity contribution in [3.63, 3.8) is 0 Å². The fourth-order valence-corrected chi connectivity index (χ4v) is 4.64. The molecule has 0 saturated carbocycles. The predicted molar refractivity (Wildman–Crippen MR) is 154 cm³/mol. The third-order valence-electron chi connectivity index (χ3n) is 6.42. The summed E-state index contributed by atoms with van der Waals surface area (Å²) in [5.74, 6) is 1.33. The Labute approximate surface area is 232 Å². The number of hydrogen-bond donors (Lipinski definition) is 0. The molecule has 0 aliphatic heterocycles. The zero-order chi connectivity index (χ0) is 27.4.